The lowest BCUT2D eigenvalue weighted by Crippen LogP contribution is -2.47. The number of piperidine rings is 1. The van der Waals surface area contributed by atoms with Gasteiger partial charge in [0.1, 0.15) is 23.1 Å². The molecular weight excluding hydrogens is 622 g/mol. The number of benzene rings is 2. The Kier molecular flexibility index (Phi) is 6.59. The summed E-state index contributed by atoms with van der Waals surface area (Å²) >= 11 is 16.3. The van der Waals surface area contributed by atoms with Crippen LogP contribution in [0.5, 0.6) is 0 Å². The number of aryl methyl sites for hydroxylation is 1. The van der Waals surface area contributed by atoms with Crippen molar-refractivity contribution in [2.45, 2.75) is 69.1 Å². The molecule has 3 atom stereocenters. The number of imidazole rings is 1. The number of carbonyl (C=O) groups excluding carboxylic acids is 1. The van der Waals surface area contributed by atoms with Gasteiger partial charge in [0.2, 0.25) is 5.95 Å². The number of carbonyl (C=O) groups is 1. The Balaban J connectivity index is 1.10. The van der Waals surface area contributed by atoms with Gasteiger partial charge in [-0.1, -0.05) is 50.4 Å². The minimum absolute atomic E-state index is 0.0423. The van der Waals surface area contributed by atoms with Crippen LogP contribution in [0.4, 0.5) is 10.3 Å². The fourth-order valence-electron chi connectivity index (χ4n) is 6.43. The first-order valence-electron chi connectivity index (χ1n) is 13.5. The fraction of sp³-hybridized carbons (Fsp3) is 0.414. The van der Waals surface area contributed by atoms with E-state index in [9.17, 15) is 9.18 Å². The molecule has 208 valence electrons. The monoisotopic (exact) mass is 646 g/mol. The summed E-state index contributed by atoms with van der Waals surface area (Å²) in [6.07, 6.45) is 5.16. The van der Waals surface area contributed by atoms with E-state index in [4.69, 9.17) is 32.5 Å². The molecule has 4 aromatic rings. The first kappa shape index (κ1) is 26.3. The van der Waals surface area contributed by atoms with Crippen LogP contribution in [-0.4, -0.2) is 38.9 Å². The van der Waals surface area contributed by atoms with Crippen molar-refractivity contribution in [2.24, 2.45) is 7.05 Å². The summed E-state index contributed by atoms with van der Waals surface area (Å²) in [6.45, 7) is 0. The van der Waals surface area contributed by atoms with Crippen LogP contribution in [0.1, 0.15) is 55.8 Å². The van der Waals surface area contributed by atoms with Crippen LogP contribution in [0, 0.1) is 5.82 Å². The van der Waals surface area contributed by atoms with E-state index in [-0.39, 0.29) is 42.3 Å². The molecule has 0 radical (unpaired) electrons. The molecule has 7 rings (SSSR count). The lowest BCUT2D eigenvalue weighted by atomic mass is 9.99. The summed E-state index contributed by atoms with van der Waals surface area (Å²) in [5.41, 5.74) is 2.88. The molecule has 0 spiro atoms. The highest BCUT2D eigenvalue weighted by atomic mass is 79.9. The van der Waals surface area contributed by atoms with Gasteiger partial charge in [0.15, 0.2) is 5.82 Å². The zero-order valence-electron chi connectivity index (χ0n) is 21.7. The van der Waals surface area contributed by atoms with Crippen molar-refractivity contribution >= 4 is 62.1 Å². The lowest BCUT2D eigenvalue weighted by molar-refractivity contribution is -0.149. The highest BCUT2D eigenvalue weighted by Gasteiger charge is 2.44. The van der Waals surface area contributed by atoms with Gasteiger partial charge in [-0.15, -0.1) is 0 Å². The summed E-state index contributed by atoms with van der Waals surface area (Å²) in [5, 5.41) is 5.20. The van der Waals surface area contributed by atoms with Crippen molar-refractivity contribution in [2.75, 3.05) is 4.90 Å². The zero-order valence-corrected chi connectivity index (χ0v) is 24.8. The Labute approximate surface area is 248 Å². The molecule has 4 heterocycles. The molecule has 1 aliphatic carbocycles. The van der Waals surface area contributed by atoms with Gasteiger partial charge in [-0.05, 0) is 49.9 Å². The number of nitrogens with zero attached hydrogens (tertiary/aromatic N) is 4. The maximum Gasteiger partial charge on any atom is 0.310 e. The number of fused-ring (bicyclic) bond motifs is 3. The fourth-order valence-corrected chi connectivity index (χ4v) is 7.43. The smallest absolute Gasteiger partial charge is 0.310 e. The van der Waals surface area contributed by atoms with Crippen LogP contribution in [0.3, 0.4) is 0 Å². The second-order valence-corrected chi connectivity index (χ2v) is 12.8. The van der Waals surface area contributed by atoms with Crippen LogP contribution in [0.15, 0.2) is 39.3 Å². The summed E-state index contributed by atoms with van der Waals surface area (Å²) in [6, 6.07) is 8.91. The van der Waals surface area contributed by atoms with Gasteiger partial charge in [-0.3, -0.25) is 4.79 Å². The topological polar surface area (TPSA) is 73.4 Å². The first-order chi connectivity index (χ1) is 19.3. The van der Waals surface area contributed by atoms with Gasteiger partial charge in [0, 0.05) is 53.5 Å². The van der Waals surface area contributed by atoms with Crippen LogP contribution in [-0.2, 0) is 23.0 Å². The van der Waals surface area contributed by atoms with E-state index in [0.29, 0.717) is 49.7 Å². The number of hydrogen-bond acceptors (Lipinski definition) is 6. The molecule has 3 fully saturated rings. The van der Waals surface area contributed by atoms with Gasteiger partial charge in [0.25, 0.3) is 0 Å². The van der Waals surface area contributed by atoms with Gasteiger partial charge < -0.3 is 18.7 Å². The second-order valence-electron chi connectivity index (χ2n) is 11.0. The molecule has 40 heavy (non-hydrogen) atoms. The predicted octanol–water partition coefficient (Wildman–Crippen LogP) is 7.60. The molecule has 2 aromatic heterocycles. The average Bonchev–Trinajstić information content (AvgIpc) is 3.52. The van der Waals surface area contributed by atoms with Crippen molar-refractivity contribution in [3.63, 3.8) is 0 Å². The molecule has 1 saturated carbocycles. The lowest BCUT2D eigenvalue weighted by Gasteiger charge is -2.39. The van der Waals surface area contributed by atoms with Crippen LogP contribution < -0.4 is 4.90 Å². The zero-order chi connectivity index (χ0) is 27.7. The number of halogens is 4. The Morgan fingerprint density at radius 3 is 2.52 bits per heavy atom. The molecule has 2 aromatic carbocycles. The molecule has 2 aliphatic heterocycles. The minimum Gasteiger partial charge on any atom is -0.462 e. The Morgan fingerprint density at radius 1 is 1.15 bits per heavy atom. The number of ether oxygens (including phenoxy) is 1. The molecule has 0 amide bonds. The third kappa shape index (κ3) is 4.50. The normalized spacial score (nSPS) is 22.3. The van der Waals surface area contributed by atoms with E-state index in [1.54, 1.807) is 18.2 Å². The van der Waals surface area contributed by atoms with E-state index in [1.165, 1.54) is 6.07 Å². The summed E-state index contributed by atoms with van der Waals surface area (Å²) in [5.74, 6) is 1.06. The molecule has 3 aliphatic rings. The number of rotatable bonds is 6. The van der Waals surface area contributed by atoms with Gasteiger partial charge in [0.05, 0.1) is 22.0 Å². The maximum atomic E-state index is 14.6. The van der Waals surface area contributed by atoms with Crippen molar-refractivity contribution in [3.8, 4) is 11.3 Å². The number of esters is 1. The van der Waals surface area contributed by atoms with E-state index in [1.807, 2.05) is 17.7 Å². The summed E-state index contributed by atoms with van der Waals surface area (Å²) in [4.78, 5) is 20.3. The van der Waals surface area contributed by atoms with Crippen molar-refractivity contribution in [1.29, 1.82) is 0 Å². The first-order valence-corrected chi connectivity index (χ1v) is 15.1. The number of aromatic nitrogens is 3. The summed E-state index contributed by atoms with van der Waals surface area (Å²) < 4.78 is 29.0. The summed E-state index contributed by atoms with van der Waals surface area (Å²) in [7, 11) is 1.92. The third-order valence-corrected chi connectivity index (χ3v) is 9.48. The van der Waals surface area contributed by atoms with Crippen LogP contribution >= 0.6 is 39.1 Å². The average molecular weight is 648 g/mol. The quantitative estimate of drug-likeness (QED) is 0.201. The minimum atomic E-state index is -0.348. The van der Waals surface area contributed by atoms with Crippen LogP contribution in [0.2, 0.25) is 10.0 Å². The number of anilines is 1. The van der Waals surface area contributed by atoms with Gasteiger partial charge in [-0.2, -0.15) is 0 Å². The van der Waals surface area contributed by atoms with Crippen molar-refractivity contribution in [1.82, 2.24) is 14.7 Å². The molecule has 11 heteroatoms. The molecule has 0 N–H and O–H groups in total. The van der Waals surface area contributed by atoms with Crippen LogP contribution in [0.25, 0.3) is 22.3 Å². The highest BCUT2D eigenvalue weighted by molar-refractivity contribution is 9.10. The number of hydrogen-bond donors (Lipinski definition) is 0. The van der Waals surface area contributed by atoms with Gasteiger partial charge in [-0.25, -0.2) is 9.37 Å². The predicted molar refractivity (Wildman–Crippen MR) is 154 cm³/mol. The Morgan fingerprint density at radius 2 is 1.85 bits per heavy atom. The van der Waals surface area contributed by atoms with Crippen molar-refractivity contribution < 1.29 is 18.4 Å². The molecular formula is C29H26BrCl2FN4O3. The van der Waals surface area contributed by atoms with Crippen molar-refractivity contribution in [3.05, 3.63) is 62.0 Å². The SMILES string of the molecule is Cn1c(N2[C@@H]3CC[C@H]2C[C@H](OC(=O)Cc2c(-c4c(Cl)cccc4Cl)noc2C2CC2)C3)nc2c(F)cc(Br)cc21. The standard InChI is InChI=1S/C29H26BrCl2FN4O3/c1-36-23-10-15(30)9-22(33)27(23)34-29(36)37-16-7-8-17(37)12-18(11-16)39-24(38)13-19-26(35-40-28(19)14-5-6-14)25-20(31)3-2-4-21(25)32/h2-4,9-10,14,16-18H,5-8,11-13H2,1H3/t16-,17+,18-. The van der Waals surface area contributed by atoms with E-state index < -0.39 is 0 Å². The van der Waals surface area contributed by atoms with Gasteiger partial charge >= 0.3 is 5.97 Å². The molecule has 0 unspecified atom stereocenters. The molecule has 2 saturated heterocycles. The second kappa shape index (κ2) is 10.0. The highest BCUT2D eigenvalue weighted by Crippen LogP contribution is 2.46. The van der Waals surface area contributed by atoms with E-state index in [0.717, 1.165) is 42.9 Å². The maximum absolute atomic E-state index is 14.6. The molecule has 7 nitrogen and oxygen atoms in total. The Bertz CT molecular complexity index is 1620. The molecule has 2 bridgehead atoms. The van der Waals surface area contributed by atoms with E-state index in [2.05, 4.69) is 31.0 Å². The largest absolute Gasteiger partial charge is 0.462 e. The van der Waals surface area contributed by atoms with E-state index >= 15 is 0 Å². The third-order valence-electron chi connectivity index (χ3n) is 8.39. The Hall–Kier alpha value is -2.62.